The fraction of sp³-hybridized carbons (Fsp3) is 0.667. The highest BCUT2D eigenvalue weighted by molar-refractivity contribution is 9.10. The third kappa shape index (κ3) is 5.84. The third-order valence-electron chi connectivity index (χ3n) is 0.985. The first-order chi connectivity index (χ1) is 5.04. The van der Waals surface area contributed by atoms with E-state index in [-0.39, 0.29) is 12.6 Å². The number of esters is 1. The van der Waals surface area contributed by atoms with Crippen LogP contribution in [0.5, 0.6) is 0 Å². The maximum absolute atomic E-state index is 10.4. The van der Waals surface area contributed by atoms with Crippen molar-refractivity contribution >= 4 is 27.8 Å². The zero-order chi connectivity index (χ0) is 8.85. The van der Waals surface area contributed by atoms with Crippen LogP contribution < -0.4 is 5.73 Å². The zero-order valence-electron chi connectivity index (χ0n) is 6.17. The van der Waals surface area contributed by atoms with Crippen molar-refractivity contribution in [1.29, 1.82) is 0 Å². The molecule has 1 atom stereocenters. The molecule has 0 radical (unpaired) electrons. The van der Waals surface area contributed by atoms with Crippen LogP contribution in [-0.4, -0.2) is 23.3 Å². The monoisotopic (exact) mass is 223 g/mol. The Morgan fingerprint density at radius 3 is 2.55 bits per heavy atom. The van der Waals surface area contributed by atoms with Crippen LogP contribution >= 0.6 is 15.9 Å². The fourth-order valence-corrected chi connectivity index (χ4v) is 0.635. The molecule has 0 aliphatic rings. The van der Waals surface area contributed by atoms with Crippen LogP contribution in [0.2, 0.25) is 0 Å². The van der Waals surface area contributed by atoms with Crippen molar-refractivity contribution < 1.29 is 14.3 Å². The van der Waals surface area contributed by atoms with E-state index in [1.54, 1.807) is 0 Å². The molecule has 1 unspecified atom stereocenters. The summed E-state index contributed by atoms with van der Waals surface area (Å²) in [6.07, 6.45) is 0.412. The summed E-state index contributed by atoms with van der Waals surface area (Å²) in [5.41, 5.74) is 4.93. The summed E-state index contributed by atoms with van der Waals surface area (Å²) in [4.78, 5) is 20.2. The van der Waals surface area contributed by atoms with Crippen molar-refractivity contribution in [1.82, 2.24) is 0 Å². The SMILES string of the molecule is CC(=O)OCCC(Br)C(N)=O. The van der Waals surface area contributed by atoms with Gasteiger partial charge in [0.05, 0.1) is 11.4 Å². The molecule has 0 heterocycles. The highest BCUT2D eigenvalue weighted by Gasteiger charge is 2.10. The minimum Gasteiger partial charge on any atom is -0.466 e. The molecule has 0 saturated carbocycles. The number of ether oxygens (including phenoxy) is 1. The van der Waals surface area contributed by atoms with Crippen molar-refractivity contribution in [3.05, 3.63) is 0 Å². The summed E-state index contributed by atoms with van der Waals surface area (Å²) in [7, 11) is 0. The van der Waals surface area contributed by atoms with Crippen molar-refractivity contribution in [3.8, 4) is 0 Å². The van der Waals surface area contributed by atoms with Gasteiger partial charge in [0, 0.05) is 13.3 Å². The number of hydrogen-bond acceptors (Lipinski definition) is 3. The Labute approximate surface area is 73.2 Å². The first kappa shape index (κ1) is 10.4. The molecule has 0 bridgehead atoms. The molecule has 0 aliphatic carbocycles. The van der Waals surface area contributed by atoms with Gasteiger partial charge in [-0.15, -0.1) is 0 Å². The van der Waals surface area contributed by atoms with Crippen molar-refractivity contribution in [3.63, 3.8) is 0 Å². The lowest BCUT2D eigenvalue weighted by Crippen LogP contribution is -2.24. The number of hydrogen-bond donors (Lipinski definition) is 1. The van der Waals surface area contributed by atoms with Gasteiger partial charge in [0.15, 0.2) is 0 Å². The summed E-state index contributed by atoms with van der Waals surface area (Å²) in [6, 6.07) is 0. The Kier molecular flexibility index (Phi) is 4.85. The molecule has 64 valence electrons. The molecule has 0 aromatic rings. The lowest BCUT2D eigenvalue weighted by molar-refractivity contribution is -0.141. The topological polar surface area (TPSA) is 69.4 Å². The largest absolute Gasteiger partial charge is 0.466 e. The average Bonchev–Trinajstić information content (AvgIpc) is 1.86. The molecule has 11 heavy (non-hydrogen) atoms. The van der Waals surface area contributed by atoms with Gasteiger partial charge in [-0.3, -0.25) is 9.59 Å². The highest BCUT2D eigenvalue weighted by Crippen LogP contribution is 2.03. The normalized spacial score (nSPS) is 12.2. The predicted molar refractivity (Wildman–Crippen MR) is 43.2 cm³/mol. The number of amides is 1. The molecular weight excluding hydrogens is 214 g/mol. The molecule has 0 spiro atoms. The molecule has 0 saturated heterocycles. The highest BCUT2D eigenvalue weighted by atomic mass is 79.9. The van der Waals surface area contributed by atoms with Crippen LogP contribution in [0, 0.1) is 0 Å². The average molecular weight is 224 g/mol. The molecule has 4 nitrogen and oxygen atoms in total. The van der Waals surface area contributed by atoms with Gasteiger partial charge in [-0.2, -0.15) is 0 Å². The first-order valence-corrected chi connectivity index (χ1v) is 4.02. The summed E-state index contributed by atoms with van der Waals surface area (Å²) in [5.74, 6) is -0.800. The molecule has 0 aliphatic heterocycles. The number of carbonyl (C=O) groups is 2. The van der Waals surface area contributed by atoms with Crippen LogP contribution in [0.4, 0.5) is 0 Å². The number of halogens is 1. The molecule has 2 N–H and O–H groups in total. The van der Waals surface area contributed by atoms with E-state index >= 15 is 0 Å². The van der Waals surface area contributed by atoms with Gasteiger partial charge in [0.25, 0.3) is 0 Å². The van der Waals surface area contributed by atoms with Gasteiger partial charge in [-0.05, 0) is 0 Å². The zero-order valence-corrected chi connectivity index (χ0v) is 7.76. The lowest BCUT2D eigenvalue weighted by atomic mass is 10.3. The first-order valence-electron chi connectivity index (χ1n) is 3.10. The van der Waals surface area contributed by atoms with Crippen LogP contribution in [-0.2, 0) is 14.3 Å². The van der Waals surface area contributed by atoms with E-state index < -0.39 is 10.7 Å². The van der Waals surface area contributed by atoms with Crippen LogP contribution in [0.3, 0.4) is 0 Å². The molecule has 5 heteroatoms. The molecular formula is C6H10BrNO3. The maximum atomic E-state index is 10.4. The Hall–Kier alpha value is -0.580. The fourth-order valence-electron chi connectivity index (χ4n) is 0.448. The minimum atomic E-state index is -0.447. The van der Waals surface area contributed by atoms with E-state index in [4.69, 9.17) is 5.73 Å². The van der Waals surface area contributed by atoms with E-state index in [0.717, 1.165) is 0 Å². The maximum Gasteiger partial charge on any atom is 0.302 e. The van der Waals surface area contributed by atoms with E-state index in [0.29, 0.717) is 6.42 Å². The smallest absolute Gasteiger partial charge is 0.302 e. The Morgan fingerprint density at radius 2 is 2.18 bits per heavy atom. The second-order valence-corrected chi connectivity index (χ2v) is 3.10. The van der Waals surface area contributed by atoms with Gasteiger partial charge >= 0.3 is 5.97 Å². The minimum absolute atomic E-state index is 0.216. The van der Waals surface area contributed by atoms with E-state index in [9.17, 15) is 9.59 Å². The van der Waals surface area contributed by atoms with E-state index in [2.05, 4.69) is 20.7 Å². The van der Waals surface area contributed by atoms with Gasteiger partial charge in [-0.25, -0.2) is 0 Å². The van der Waals surface area contributed by atoms with Crippen LogP contribution in [0.1, 0.15) is 13.3 Å². The second-order valence-electron chi connectivity index (χ2n) is 2.00. The molecule has 0 rings (SSSR count). The summed E-state index contributed by atoms with van der Waals surface area (Å²) in [6.45, 7) is 1.53. The number of nitrogens with two attached hydrogens (primary N) is 1. The Morgan fingerprint density at radius 1 is 1.64 bits per heavy atom. The van der Waals surface area contributed by atoms with Crippen molar-refractivity contribution in [2.75, 3.05) is 6.61 Å². The molecule has 0 aromatic carbocycles. The van der Waals surface area contributed by atoms with Gasteiger partial charge in [0.1, 0.15) is 0 Å². The quantitative estimate of drug-likeness (QED) is 0.547. The van der Waals surface area contributed by atoms with E-state index in [1.165, 1.54) is 6.92 Å². The lowest BCUT2D eigenvalue weighted by Gasteiger charge is -2.04. The number of primary amides is 1. The number of carbonyl (C=O) groups excluding carboxylic acids is 2. The number of rotatable bonds is 4. The molecule has 0 fully saturated rings. The molecule has 1 amide bonds. The van der Waals surface area contributed by atoms with Crippen molar-refractivity contribution in [2.45, 2.75) is 18.2 Å². The molecule has 0 aromatic heterocycles. The van der Waals surface area contributed by atoms with Crippen LogP contribution in [0.25, 0.3) is 0 Å². The van der Waals surface area contributed by atoms with E-state index in [1.807, 2.05) is 0 Å². The summed E-state index contributed by atoms with van der Waals surface area (Å²) < 4.78 is 4.59. The van der Waals surface area contributed by atoms with Gasteiger partial charge in [-0.1, -0.05) is 15.9 Å². The van der Waals surface area contributed by atoms with Crippen molar-refractivity contribution in [2.24, 2.45) is 5.73 Å². The Bertz CT molecular complexity index is 160. The Balaban J connectivity index is 3.39. The second kappa shape index (κ2) is 5.12. The van der Waals surface area contributed by atoms with Gasteiger partial charge < -0.3 is 10.5 Å². The predicted octanol–water partition coefficient (Wildman–Crippen LogP) is 0.188. The summed E-state index contributed by atoms with van der Waals surface area (Å²) in [5, 5.41) is 0. The van der Waals surface area contributed by atoms with Crippen LogP contribution in [0.15, 0.2) is 0 Å². The number of alkyl halides is 1. The summed E-state index contributed by atoms with van der Waals surface area (Å²) >= 11 is 3.03. The third-order valence-corrected chi connectivity index (χ3v) is 1.89. The standard InChI is InChI=1S/C6H10BrNO3/c1-4(9)11-3-2-5(7)6(8)10/h5H,2-3H2,1H3,(H2,8,10). The van der Waals surface area contributed by atoms with Gasteiger partial charge in [0.2, 0.25) is 5.91 Å².